The van der Waals surface area contributed by atoms with E-state index < -0.39 is 29.6 Å². The molecule has 2 aliphatic rings. The van der Waals surface area contributed by atoms with E-state index in [-0.39, 0.29) is 23.5 Å². The summed E-state index contributed by atoms with van der Waals surface area (Å²) < 4.78 is 11.5. The smallest absolute Gasteiger partial charge is 0.411 e. The SMILES string of the molecule is COc1ccc(C(C)(C)C)cc1CNC1C(c2ccccc2)N(C(=O)OC2CCC2)C(C(=O)O)C1C(C)(C)C. The van der Waals surface area contributed by atoms with E-state index in [4.69, 9.17) is 9.47 Å². The monoisotopic (exact) mass is 536 g/mol. The normalized spacial score (nSPS) is 23.8. The summed E-state index contributed by atoms with van der Waals surface area (Å²) in [6, 6.07) is 14.1. The third-order valence-corrected chi connectivity index (χ3v) is 8.27. The molecule has 2 fully saturated rings. The van der Waals surface area contributed by atoms with E-state index >= 15 is 0 Å². The van der Waals surface area contributed by atoms with Gasteiger partial charge in [-0.15, -0.1) is 0 Å². The summed E-state index contributed by atoms with van der Waals surface area (Å²) in [5, 5.41) is 14.3. The molecule has 0 aromatic heterocycles. The summed E-state index contributed by atoms with van der Waals surface area (Å²) in [7, 11) is 1.66. The number of rotatable bonds is 7. The van der Waals surface area contributed by atoms with Crippen molar-refractivity contribution in [2.45, 2.75) is 97.0 Å². The van der Waals surface area contributed by atoms with Crippen molar-refractivity contribution >= 4 is 12.1 Å². The molecule has 1 amide bonds. The Bertz CT molecular complexity index is 1160. The Morgan fingerprint density at radius 1 is 1.03 bits per heavy atom. The number of carboxylic acids is 1. The number of nitrogens with one attached hydrogen (secondary N) is 1. The molecule has 0 spiro atoms. The van der Waals surface area contributed by atoms with Crippen LogP contribution >= 0.6 is 0 Å². The first kappa shape index (κ1) is 28.9. The van der Waals surface area contributed by atoms with Gasteiger partial charge in [0.25, 0.3) is 0 Å². The molecule has 39 heavy (non-hydrogen) atoms. The Morgan fingerprint density at radius 2 is 1.69 bits per heavy atom. The fourth-order valence-corrected chi connectivity index (χ4v) is 5.98. The van der Waals surface area contributed by atoms with Crippen molar-refractivity contribution in [1.82, 2.24) is 10.2 Å². The first-order valence-electron chi connectivity index (χ1n) is 14.0. The lowest BCUT2D eigenvalue weighted by atomic mass is 9.72. The lowest BCUT2D eigenvalue weighted by Gasteiger charge is -2.35. The predicted molar refractivity (Wildman–Crippen MR) is 152 cm³/mol. The maximum absolute atomic E-state index is 13.7. The van der Waals surface area contributed by atoms with Gasteiger partial charge in [0.1, 0.15) is 17.9 Å². The van der Waals surface area contributed by atoms with Crippen LogP contribution in [0, 0.1) is 11.3 Å². The molecule has 7 heteroatoms. The van der Waals surface area contributed by atoms with Crippen LogP contribution < -0.4 is 10.1 Å². The number of benzene rings is 2. The number of nitrogens with zero attached hydrogens (tertiary/aromatic N) is 1. The molecule has 2 aromatic rings. The molecule has 4 unspecified atom stereocenters. The fraction of sp³-hybridized carbons (Fsp3) is 0.562. The van der Waals surface area contributed by atoms with E-state index in [2.05, 4.69) is 38.2 Å². The molecule has 4 rings (SSSR count). The van der Waals surface area contributed by atoms with Gasteiger partial charge < -0.3 is 19.9 Å². The molecular weight excluding hydrogens is 492 g/mol. The van der Waals surface area contributed by atoms with Crippen molar-refractivity contribution in [3.8, 4) is 5.75 Å². The molecule has 2 N–H and O–H groups in total. The third-order valence-electron chi connectivity index (χ3n) is 8.27. The third kappa shape index (κ3) is 6.08. The van der Waals surface area contributed by atoms with Crippen molar-refractivity contribution in [3.05, 3.63) is 65.2 Å². The second-order valence-corrected chi connectivity index (χ2v) is 13.1. The molecule has 4 atom stereocenters. The fourth-order valence-electron chi connectivity index (χ4n) is 5.98. The molecule has 2 aromatic carbocycles. The molecular formula is C32H44N2O5. The van der Waals surface area contributed by atoms with Crippen molar-refractivity contribution in [2.24, 2.45) is 11.3 Å². The van der Waals surface area contributed by atoms with Gasteiger partial charge in [-0.25, -0.2) is 9.59 Å². The van der Waals surface area contributed by atoms with E-state index in [1.165, 1.54) is 10.5 Å². The zero-order chi connectivity index (χ0) is 28.5. The average molecular weight is 537 g/mol. The van der Waals surface area contributed by atoms with Gasteiger partial charge in [-0.1, -0.05) is 84.0 Å². The lowest BCUT2D eigenvalue weighted by Crippen LogP contribution is -2.48. The van der Waals surface area contributed by atoms with Crippen LogP contribution in [0.2, 0.25) is 0 Å². The Kier molecular flexibility index (Phi) is 8.31. The Labute approximate surface area is 232 Å². The van der Waals surface area contributed by atoms with Crippen LogP contribution in [0.3, 0.4) is 0 Å². The minimum Gasteiger partial charge on any atom is -0.496 e. The molecule has 0 bridgehead atoms. The summed E-state index contributed by atoms with van der Waals surface area (Å²) in [5.41, 5.74) is 2.61. The van der Waals surface area contributed by atoms with E-state index in [1.54, 1.807) is 7.11 Å². The highest BCUT2D eigenvalue weighted by atomic mass is 16.6. The largest absolute Gasteiger partial charge is 0.496 e. The quantitative estimate of drug-likeness (QED) is 0.431. The van der Waals surface area contributed by atoms with Gasteiger partial charge in [0.2, 0.25) is 0 Å². The molecule has 1 saturated heterocycles. The Balaban J connectivity index is 1.78. The van der Waals surface area contributed by atoms with E-state index in [1.807, 2.05) is 57.2 Å². The number of ether oxygens (including phenoxy) is 2. The summed E-state index contributed by atoms with van der Waals surface area (Å²) in [4.78, 5) is 28.1. The second-order valence-electron chi connectivity index (χ2n) is 13.1. The number of hydrogen-bond acceptors (Lipinski definition) is 5. The Hall–Kier alpha value is -3.06. The number of methoxy groups -OCH3 is 1. The number of amides is 1. The molecule has 1 saturated carbocycles. The van der Waals surface area contributed by atoms with Crippen LogP contribution in [-0.4, -0.2) is 47.4 Å². The van der Waals surface area contributed by atoms with Crippen molar-refractivity contribution in [2.75, 3.05) is 7.11 Å². The van der Waals surface area contributed by atoms with E-state index in [0.717, 1.165) is 36.1 Å². The van der Waals surface area contributed by atoms with E-state index in [9.17, 15) is 14.7 Å². The Morgan fingerprint density at radius 3 is 2.21 bits per heavy atom. The van der Waals surface area contributed by atoms with Crippen LogP contribution in [0.25, 0.3) is 0 Å². The molecule has 212 valence electrons. The minimum atomic E-state index is -1.04. The van der Waals surface area contributed by atoms with Crippen LogP contribution in [0.1, 0.15) is 83.5 Å². The number of carboxylic acid groups (broad SMARTS) is 1. The standard InChI is InChI=1S/C32H44N2O5/c1-31(2,3)22-16-17-24(38-7)21(18-22)19-33-26-25(32(4,5)6)28(29(35)36)34(30(37)39-23-14-11-15-23)27(26)20-12-9-8-10-13-20/h8-10,12-13,16-18,23,25-28,33H,11,14-15,19H2,1-7H3,(H,35,36). The first-order chi connectivity index (χ1) is 18.3. The summed E-state index contributed by atoms with van der Waals surface area (Å²) in [6.45, 7) is 13.1. The first-order valence-corrected chi connectivity index (χ1v) is 14.0. The lowest BCUT2D eigenvalue weighted by molar-refractivity contribution is -0.145. The van der Waals surface area contributed by atoms with Gasteiger partial charge in [-0.05, 0) is 47.3 Å². The molecule has 1 aliphatic carbocycles. The number of aliphatic carboxylic acids is 1. The van der Waals surface area contributed by atoms with Gasteiger partial charge >= 0.3 is 12.1 Å². The van der Waals surface area contributed by atoms with Crippen LogP contribution in [0.15, 0.2) is 48.5 Å². The summed E-state index contributed by atoms with van der Waals surface area (Å²) in [6.07, 6.45) is 1.97. The molecule has 1 aliphatic heterocycles. The molecule has 7 nitrogen and oxygen atoms in total. The summed E-state index contributed by atoms with van der Waals surface area (Å²) in [5.74, 6) is -0.628. The topological polar surface area (TPSA) is 88.1 Å². The minimum absolute atomic E-state index is 0.0363. The summed E-state index contributed by atoms with van der Waals surface area (Å²) >= 11 is 0. The van der Waals surface area contributed by atoms with Crippen LogP contribution in [-0.2, 0) is 21.5 Å². The van der Waals surface area contributed by atoms with Gasteiger partial charge in [0.05, 0.1) is 13.2 Å². The number of carbonyl (C=O) groups is 2. The van der Waals surface area contributed by atoms with Crippen molar-refractivity contribution in [1.29, 1.82) is 0 Å². The maximum atomic E-state index is 13.7. The number of likely N-dealkylation sites (tertiary alicyclic amines) is 1. The van der Waals surface area contributed by atoms with Crippen molar-refractivity contribution in [3.63, 3.8) is 0 Å². The van der Waals surface area contributed by atoms with E-state index in [0.29, 0.717) is 6.54 Å². The zero-order valence-electron chi connectivity index (χ0n) is 24.4. The van der Waals surface area contributed by atoms with Gasteiger partial charge in [-0.3, -0.25) is 4.90 Å². The van der Waals surface area contributed by atoms with Gasteiger partial charge in [-0.2, -0.15) is 0 Å². The molecule has 1 heterocycles. The highest BCUT2D eigenvalue weighted by Crippen LogP contribution is 2.48. The average Bonchev–Trinajstić information content (AvgIpc) is 3.20. The van der Waals surface area contributed by atoms with Crippen LogP contribution in [0.4, 0.5) is 4.79 Å². The van der Waals surface area contributed by atoms with Gasteiger partial charge in [0.15, 0.2) is 0 Å². The highest BCUT2D eigenvalue weighted by Gasteiger charge is 2.58. The maximum Gasteiger partial charge on any atom is 0.411 e. The number of carbonyl (C=O) groups excluding carboxylic acids is 1. The van der Waals surface area contributed by atoms with Crippen molar-refractivity contribution < 1.29 is 24.2 Å². The van der Waals surface area contributed by atoms with Gasteiger partial charge in [0, 0.05) is 24.1 Å². The highest BCUT2D eigenvalue weighted by molar-refractivity contribution is 5.82. The number of hydrogen-bond donors (Lipinski definition) is 2. The van der Waals surface area contributed by atoms with Crippen LogP contribution in [0.5, 0.6) is 5.75 Å². The zero-order valence-corrected chi connectivity index (χ0v) is 24.4. The predicted octanol–water partition coefficient (Wildman–Crippen LogP) is 6.31. The molecule has 0 radical (unpaired) electrons. The second kappa shape index (κ2) is 11.2.